The predicted octanol–water partition coefficient (Wildman–Crippen LogP) is 2.67. The van der Waals surface area contributed by atoms with Crippen LogP contribution in [0.5, 0.6) is 0 Å². The van der Waals surface area contributed by atoms with Crippen LogP contribution in [0.1, 0.15) is 10.4 Å². The third-order valence-electron chi connectivity index (χ3n) is 4.19. The van der Waals surface area contributed by atoms with E-state index in [1.165, 1.54) is 0 Å². The minimum atomic E-state index is -3.33. The molecule has 0 aromatic heterocycles. The first kappa shape index (κ1) is 18.5. The molecule has 1 fully saturated rings. The van der Waals surface area contributed by atoms with Gasteiger partial charge in [0.15, 0.2) is 0 Å². The molecule has 138 valence electrons. The van der Waals surface area contributed by atoms with Crippen LogP contribution in [-0.2, 0) is 10.0 Å². The predicted molar refractivity (Wildman–Crippen MR) is 104 cm³/mol. The van der Waals surface area contributed by atoms with Crippen molar-refractivity contribution in [1.82, 2.24) is 4.90 Å². The summed E-state index contributed by atoms with van der Waals surface area (Å²) in [7, 11) is -3.33. The molecule has 0 saturated carbocycles. The lowest BCUT2D eigenvalue weighted by atomic mass is 10.1. The van der Waals surface area contributed by atoms with Crippen molar-refractivity contribution in [3.8, 4) is 0 Å². The van der Waals surface area contributed by atoms with Crippen molar-refractivity contribution in [3.63, 3.8) is 0 Å². The quantitative estimate of drug-likeness (QED) is 0.867. The van der Waals surface area contributed by atoms with Crippen molar-refractivity contribution >= 4 is 38.9 Å². The monoisotopic (exact) mass is 393 g/mol. The molecular formula is C18H20ClN3O3S. The molecule has 0 bridgehead atoms. The molecule has 1 heterocycles. The number of nitrogens with zero attached hydrogens (tertiary/aromatic N) is 2. The molecule has 3 rings (SSSR count). The van der Waals surface area contributed by atoms with Gasteiger partial charge >= 0.3 is 0 Å². The van der Waals surface area contributed by atoms with Crippen LogP contribution in [0.3, 0.4) is 0 Å². The molecule has 1 aliphatic rings. The fraction of sp³-hybridized carbons (Fsp3) is 0.278. The maximum absolute atomic E-state index is 12.6. The van der Waals surface area contributed by atoms with Crippen molar-refractivity contribution in [2.45, 2.75) is 0 Å². The van der Waals surface area contributed by atoms with Crippen LogP contribution in [0.15, 0.2) is 48.5 Å². The summed E-state index contributed by atoms with van der Waals surface area (Å²) < 4.78 is 24.9. The van der Waals surface area contributed by atoms with Gasteiger partial charge in [-0.3, -0.25) is 9.52 Å². The lowest BCUT2D eigenvalue weighted by Gasteiger charge is -2.36. The number of anilines is 2. The summed E-state index contributed by atoms with van der Waals surface area (Å²) in [6.07, 6.45) is 1.09. The summed E-state index contributed by atoms with van der Waals surface area (Å²) in [4.78, 5) is 16.7. The highest BCUT2D eigenvalue weighted by atomic mass is 35.5. The van der Waals surface area contributed by atoms with Crippen molar-refractivity contribution < 1.29 is 13.2 Å². The van der Waals surface area contributed by atoms with E-state index < -0.39 is 10.0 Å². The van der Waals surface area contributed by atoms with Gasteiger partial charge in [0.05, 0.1) is 6.26 Å². The Morgan fingerprint density at radius 1 is 0.962 bits per heavy atom. The highest BCUT2D eigenvalue weighted by Crippen LogP contribution is 2.20. The van der Waals surface area contributed by atoms with E-state index in [0.29, 0.717) is 29.4 Å². The first-order valence-corrected chi connectivity index (χ1v) is 10.5. The molecule has 1 amide bonds. The number of amides is 1. The lowest BCUT2D eigenvalue weighted by Crippen LogP contribution is -2.48. The zero-order valence-corrected chi connectivity index (χ0v) is 15.9. The molecule has 26 heavy (non-hydrogen) atoms. The number of carbonyl (C=O) groups is 1. The number of rotatable bonds is 4. The Morgan fingerprint density at radius 3 is 2.08 bits per heavy atom. The highest BCUT2D eigenvalue weighted by molar-refractivity contribution is 7.92. The molecule has 1 N–H and O–H groups in total. The van der Waals surface area contributed by atoms with Crippen molar-refractivity contribution in [2.24, 2.45) is 0 Å². The maximum Gasteiger partial charge on any atom is 0.253 e. The molecule has 0 atom stereocenters. The van der Waals surface area contributed by atoms with Gasteiger partial charge in [0.25, 0.3) is 5.91 Å². The fourth-order valence-electron chi connectivity index (χ4n) is 2.90. The molecule has 0 radical (unpaired) electrons. The topological polar surface area (TPSA) is 69.7 Å². The maximum atomic E-state index is 12.6. The van der Waals surface area contributed by atoms with Crippen LogP contribution in [0, 0.1) is 0 Å². The molecule has 1 aliphatic heterocycles. The molecule has 2 aromatic rings. The van der Waals surface area contributed by atoms with E-state index in [0.717, 1.165) is 25.0 Å². The summed E-state index contributed by atoms with van der Waals surface area (Å²) in [6, 6.07) is 14.2. The standard InChI is InChI=1S/C18H20ClN3O3S/c1-26(24,25)20-16-6-2-14(3-7-16)18(23)22-12-10-21(11-13-22)17-8-4-15(19)5-9-17/h2-9,20H,10-13H2,1H3. The van der Waals surface area contributed by atoms with Crippen LogP contribution >= 0.6 is 11.6 Å². The van der Waals surface area contributed by atoms with E-state index in [-0.39, 0.29) is 5.91 Å². The number of carbonyl (C=O) groups excluding carboxylic acids is 1. The van der Waals surface area contributed by atoms with E-state index >= 15 is 0 Å². The van der Waals surface area contributed by atoms with E-state index in [1.54, 1.807) is 24.3 Å². The summed E-state index contributed by atoms with van der Waals surface area (Å²) >= 11 is 5.92. The Bertz CT molecular complexity index is 875. The molecule has 6 nitrogen and oxygen atoms in total. The Balaban J connectivity index is 1.60. The van der Waals surface area contributed by atoms with Gasteiger partial charge in [-0.25, -0.2) is 8.42 Å². The fourth-order valence-corrected chi connectivity index (χ4v) is 3.59. The largest absolute Gasteiger partial charge is 0.368 e. The zero-order valence-electron chi connectivity index (χ0n) is 14.4. The third-order valence-corrected chi connectivity index (χ3v) is 5.05. The van der Waals surface area contributed by atoms with Gasteiger partial charge in [0.1, 0.15) is 0 Å². The number of hydrogen-bond acceptors (Lipinski definition) is 4. The van der Waals surface area contributed by atoms with Crippen LogP contribution in [0.25, 0.3) is 0 Å². The van der Waals surface area contributed by atoms with Gasteiger partial charge < -0.3 is 9.80 Å². The van der Waals surface area contributed by atoms with E-state index in [1.807, 2.05) is 29.2 Å². The molecule has 8 heteroatoms. The summed E-state index contributed by atoms with van der Waals surface area (Å²) in [6.45, 7) is 2.76. The number of sulfonamides is 1. The minimum absolute atomic E-state index is 0.0494. The summed E-state index contributed by atoms with van der Waals surface area (Å²) in [5, 5.41) is 0.705. The Labute approximate surface area is 158 Å². The number of benzene rings is 2. The van der Waals surface area contributed by atoms with Gasteiger partial charge in [0, 0.05) is 48.1 Å². The normalized spacial score (nSPS) is 15.0. The molecule has 0 unspecified atom stereocenters. The van der Waals surface area contributed by atoms with Gasteiger partial charge in [-0.05, 0) is 48.5 Å². The molecule has 0 spiro atoms. The minimum Gasteiger partial charge on any atom is -0.368 e. The molecule has 1 saturated heterocycles. The average molecular weight is 394 g/mol. The second-order valence-electron chi connectivity index (χ2n) is 6.21. The SMILES string of the molecule is CS(=O)(=O)Nc1ccc(C(=O)N2CCN(c3ccc(Cl)cc3)CC2)cc1. The van der Waals surface area contributed by atoms with Gasteiger partial charge in [-0.2, -0.15) is 0 Å². The average Bonchev–Trinajstić information content (AvgIpc) is 2.61. The first-order valence-electron chi connectivity index (χ1n) is 8.19. The molecule has 2 aromatic carbocycles. The molecular weight excluding hydrogens is 374 g/mol. The van der Waals surface area contributed by atoms with Gasteiger partial charge in [0.2, 0.25) is 10.0 Å². The third kappa shape index (κ3) is 4.68. The van der Waals surface area contributed by atoms with E-state index in [9.17, 15) is 13.2 Å². The van der Waals surface area contributed by atoms with Crippen LogP contribution in [0.2, 0.25) is 5.02 Å². The smallest absolute Gasteiger partial charge is 0.253 e. The Kier molecular flexibility index (Phi) is 5.38. The second kappa shape index (κ2) is 7.55. The molecule has 0 aliphatic carbocycles. The van der Waals surface area contributed by atoms with Crippen LogP contribution < -0.4 is 9.62 Å². The van der Waals surface area contributed by atoms with Crippen molar-refractivity contribution in [1.29, 1.82) is 0 Å². The summed E-state index contributed by atoms with van der Waals surface area (Å²) in [5.74, 6) is -0.0494. The first-order chi connectivity index (χ1) is 12.3. The van der Waals surface area contributed by atoms with Crippen LogP contribution in [0.4, 0.5) is 11.4 Å². The second-order valence-corrected chi connectivity index (χ2v) is 8.39. The lowest BCUT2D eigenvalue weighted by molar-refractivity contribution is 0.0747. The zero-order chi connectivity index (χ0) is 18.7. The van der Waals surface area contributed by atoms with Crippen molar-refractivity contribution in [2.75, 3.05) is 42.1 Å². The number of halogens is 1. The highest BCUT2D eigenvalue weighted by Gasteiger charge is 2.22. The number of hydrogen-bond donors (Lipinski definition) is 1. The number of piperazine rings is 1. The summed E-state index contributed by atoms with van der Waals surface area (Å²) in [5.41, 5.74) is 2.08. The number of nitrogens with one attached hydrogen (secondary N) is 1. The van der Waals surface area contributed by atoms with Crippen molar-refractivity contribution in [3.05, 3.63) is 59.1 Å². The van der Waals surface area contributed by atoms with E-state index in [2.05, 4.69) is 9.62 Å². The van der Waals surface area contributed by atoms with Gasteiger partial charge in [-0.15, -0.1) is 0 Å². The Morgan fingerprint density at radius 2 is 1.54 bits per heavy atom. The Hall–Kier alpha value is -2.25. The van der Waals surface area contributed by atoms with Crippen LogP contribution in [-0.4, -0.2) is 51.7 Å². The van der Waals surface area contributed by atoms with E-state index in [4.69, 9.17) is 11.6 Å². The van der Waals surface area contributed by atoms with Gasteiger partial charge in [-0.1, -0.05) is 11.6 Å².